The second-order valence-corrected chi connectivity index (χ2v) is 7.07. The van der Waals surface area contributed by atoms with Gasteiger partial charge in [0.15, 0.2) is 0 Å². The summed E-state index contributed by atoms with van der Waals surface area (Å²) >= 11 is 0. The molecule has 0 bridgehead atoms. The Morgan fingerprint density at radius 3 is 1.61 bits per heavy atom. The normalized spacial score (nSPS) is 13.8. The van der Waals surface area contributed by atoms with Crippen LogP contribution < -0.4 is 11.5 Å². The van der Waals surface area contributed by atoms with E-state index >= 15 is 0 Å². The number of nitrogens with two attached hydrogens (primary N) is 2. The fourth-order valence-electron chi connectivity index (χ4n) is 3.96. The van der Waals surface area contributed by atoms with E-state index in [2.05, 4.69) is 81.4 Å². The summed E-state index contributed by atoms with van der Waals surface area (Å²) in [6, 6.07) is 21.2. The molecule has 2 rings (SSSR count). The van der Waals surface area contributed by atoms with E-state index in [1.807, 2.05) is 0 Å². The Kier molecular flexibility index (Phi) is 5.61. The molecule has 2 heteroatoms. The highest BCUT2D eigenvalue weighted by Gasteiger charge is 2.46. The van der Waals surface area contributed by atoms with E-state index in [4.69, 9.17) is 11.5 Å². The summed E-state index contributed by atoms with van der Waals surface area (Å²) in [4.78, 5) is 0. The van der Waals surface area contributed by atoms with Crippen LogP contribution in [0.25, 0.3) is 0 Å². The Hall–Kier alpha value is -1.64. The molecular weight excluding hydrogens is 280 g/mol. The zero-order valence-electron chi connectivity index (χ0n) is 14.6. The van der Waals surface area contributed by atoms with Crippen LogP contribution in [0, 0.1) is 5.92 Å². The number of benzene rings is 2. The van der Waals surface area contributed by atoms with Gasteiger partial charge in [0.25, 0.3) is 0 Å². The van der Waals surface area contributed by atoms with E-state index in [0.717, 1.165) is 12.8 Å². The molecule has 2 nitrogen and oxygen atoms in total. The molecule has 0 aliphatic heterocycles. The fraction of sp³-hybridized carbons (Fsp3) is 0.429. The maximum atomic E-state index is 6.65. The number of hydrogen-bond donors (Lipinski definition) is 2. The molecule has 0 radical (unpaired) electrons. The summed E-state index contributed by atoms with van der Waals surface area (Å²) in [5.41, 5.74) is 15.0. The minimum atomic E-state index is -0.318. The zero-order chi connectivity index (χ0) is 16.9. The first-order valence-corrected chi connectivity index (χ1v) is 8.56. The molecule has 4 N–H and O–H groups in total. The maximum absolute atomic E-state index is 6.65. The average Bonchev–Trinajstić information content (AvgIpc) is 2.56. The summed E-state index contributed by atoms with van der Waals surface area (Å²) in [6.07, 6.45) is 2.14. The Morgan fingerprint density at radius 1 is 0.870 bits per heavy atom. The molecule has 1 atom stereocenters. The van der Waals surface area contributed by atoms with Crippen LogP contribution in [-0.2, 0) is 5.41 Å². The van der Waals surface area contributed by atoms with Gasteiger partial charge in [-0.25, -0.2) is 0 Å². The zero-order valence-corrected chi connectivity index (χ0v) is 14.6. The smallest absolute Gasteiger partial charge is 0.0370 e. The molecule has 0 amide bonds. The molecule has 0 aliphatic carbocycles. The van der Waals surface area contributed by atoms with E-state index < -0.39 is 0 Å². The van der Waals surface area contributed by atoms with Crippen LogP contribution in [0.4, 0.5) is 0 Å². The minimum absolute atomic E-state index is 0.259. The van der Waals surface area contributed by atoms with Crippen LogP contribution in [0.1, 0.15) is 44.7 Å². The lowest BCUT2D eigenvalue weighted by Gasteiger charge is -2.47. The molecule has 2 aromatic carbocycles. The van der Waals surface area contributed by atoms with E-state index in [1.54, 1.807) is 0 Å². The van der Waals surface area contributed by atoms with Gasteiger partial charge in [-0.1, -0.05) is 74.0 Å². The lowest BCUT2D eigenvalue weighted by atomic mass is 9.59. The Balaban J connectivity index is 2.72. The van der Waals surface area contributed by atoms with Gasteiger partial charge in [0.1, 0.15) is 0 Å². The summed E-state index contributed by atoms with van der Waals surface area (Å²) in [5.74, 6) is 0.259. The second kappa shape index (κ2) is 7.29. The molecule has 0 heterocycles. The molecule has 124 valence electrons. The van der Waals surface area contributed by atoms with Crippen LogP contribution in [0.3, 0.4) is 0 Å². The van der Waals surface area contributed by atoms with Crippen molar-refractivity contribution < 1.29 is 0 Å². The van der Waals surface area contributed by atoms with Gasteiger partial charge in [0.2, 0.25) is 0 Å². The third-order valence-corrected chi connectivity index (χ3v) is 4.97. The predicted octanol–water partition coefficient (Wildman–Crippen LogP) is 4.09. The van der Waals surface area contributed by atoms with Crippen molar-refractivity contribution in [2.75, 3.05) is 6.54 Å². The number of rotatable bonds is 7. The predicted molar refractivity (Wildman–Crippen MR) is 99.4 cm³/mol. The van der Waals surface area contributed by atoms with Gasteiger partial charge >= 0.3 is 0 Å². The van der Waals surface area contributed by atoms with Crippen molar-refractivity contribution in [3.05, 3.63) is 71.8 Å². The highest BCUT2D eigenvalue weighted by Crippen LogP contribution is 2.44. The molecule has 0 spiro atoms. The van der Waals surface area contributed by atoms with Crippen molar-refractivity contribution in [1.82, 2.24) is 0 Å². The van der Waals surface area contributed by atoms with Crippen molar-refractivity contribution in [1.29, 1.82) is 0 Å². The number of hydrogen-bond acceptors (Lipinski definition) is 2. The minimum Gasteiger partial charge on any atom is -0.329 e. The van der Waals surface area contributed by atoms with Crippen molar-refractivity contribution >= 4 is 0 Å². The third kappa shape index (κ3) is 3.49. The first kappa shape index (κ1) is 17.7. The van der Waals surface area contributed by atoms with E-state index in [-0.39, 0.29) is 16.9 Å². The van der Waals surface area contributed by atoms with Gasteiger partial charge < -0.3 is 11.5 Å². The van der Waals surface area contributed by atoms with Crippen LogP contribution in [-0.4, -0.2) is 12.1 Å². The lowest BCUT2D eigenvalue weighted by Crippen LogP contribution is -2.55. The molecule has 23 heavy (non-hydrogen) atoms. The molecular formula is C21H30N2. The molecule has 0 aromatic heterocycles. The molecule has 1 unspecified atom stereocenters. The second-order valence-electron chi connectivity index (χ2n) is 7.07. The molecule has 0 aliphatic rings. The fourth-order valence-corrected chi connectivity index (χ4v) is 3.96. The third-order valence-electron chi connectivity index (χ3n) is 4.97. The maximum Gasteiger partial charge on any atom is 0.0370 e. The topological polar surface area (TPSA) is 52.0 Å². The quantitative estimate of drug-likeness (QED) is 0.809. The standard InChI is InChI=1S/C21H30N2/c1-4-11-19(20(2,3)23)21(16-22,17-12-7-5-8-13-17)18-14-9-6-10-15-18/h5-10,12-15,19H,4,11,16,22-23H2,1-3H3. The Morgan fingerprint density at radius 2 is 1.30 bits per heavy atom. The van der Waals surface area contributed by atoms with Gasteiger partial charge in [-0.3, -0.25) is 0 Å². The summed E-state index contributed by atoms with van der Waals surface area (Å²) in [5, 5.41) is 0. The molecule has 0 saturated carbocycles. The Labute approximate surface area is 140 Å². The highest BCUT2D eigenvalue weighted by molar-refractivity contribution is 5.42. The average molecular weight is 310 g/mol. The van der Waals surface area contributed by atoms with Gasteiger partial charge in [-0.05, 0) is 37.3 Å². The largest absolute Gasteiger partial charge is 0.329 e. The van der Waals surface area contributed by atoms with Crippen molar-refractivity contribution in [2.45, 2.75) is 44.6 Å². The highest BCUT2D eigenvalue weighted by atomic mass is 14.8. The van der Waals surface area contributed by atoms with E-state index in [0.29, 0.717) is 6.54 Å². The van der Waals surface area contributed by atoms with Crippen molar-refractivity contribution in [3.8, 4) is 0 Å². The van der Waals surface area contributed by atoms with Crippen molar-refractivity contribution in [2.24, 2.45) is 17.4 Å². The summed E-state index contributed by atoms with van der Waals surface area (Å²) in [7, 11) is 0. The summed E-state index contributed by atoms with van der Waals surface area (Å²) in [6.45, 7) is 7.02. The first-order valence-electron chi connectivity index (χ1n) is 8.56. The van der Waals surface area contributed by atoms with Crippen LogP contribution >= 0.6 is 0 Å². The van der Waals surface area contributed by atoms with Gasteiger partial charge in [-0.2, -0.15) is 0 Å². The molecule has 2 aromatic rings. The van der Waals surface area contributed by atoms with Crippen molar-refractivity contribution in [3.63, 3.8) is 0 Å². The van der Waals surface area contributed by atoms with Gasteiger partial charge in [-0.15, -0.1) is 0 Å². The summed E-state index contributed by atoms with van der Waals surface area (Å²) < 4.78 is 0. The van der Waals surface area contributed by atoms with Crippen LogP contribution in [0.5, 0.6) is 0 Å². The molecule has 0 fully saturated rings. The van der Waals surface area contributed by atoms with Gasteiger partial charge in [0.05, 0.1) is 0 Å². The van der Waals surface area contributed by atoms with E-state index in [9.17, 15) is 0 Å². The monoisotopic (exact) mass is 310 g/mol. The van der Waals surface area contributed by atoms with Crippen LogP contribution in [0.15, 0.2) is 60.7 Å². The van der Waals surface area contributed by atoms with Crippen LogP contribution in [0.2, 0.25) is 0 Å². The first-order chi connectivity index (χ1) is 11.0. The SMILES string of the molecule is CCCC(C(C)(C)N)C(CN)(c1ccccc1)c1ccccc1. The lowest BCUT2D eigenvalue weighted by molar-refractivity contribution is 0.196. The van der Waals surface area contributed by atoms with E-state index in [1.165, 1.54) is 11.1 Å². The molecule has 0 saturated heterocycles. The van der Waals surface area contributed by atoms with Gasteiger partial charge in [0, 0.05) is 17.5 Å². The Bertz CT molecular complexity index is 545.